The number of hydrogen-bond donors (Lipinski definition) is 1. The first-order valence-electron chi connectivity index (χ1n) is 9.33. The van der Waals surface area contributed by atoms with Crippen molar-refractivity contribution in [3.63, 3.8) is 0 Å². The van der Waals surface area contributed by atoms with Gasteiger partial charge in [-0.25, -0.2) is 4.98 Å². The Labute approximate surface area is 184 Å². The number of fused-ring (bicyclic) bond motifs is 3. The van der Waals surface area contributed by atoms with Gasteiger partial charge >= 0.3 is 0 Å². The summed E-state index contributed by atoms with van der Waals surface area (Å²) in [5.41, 5.74) is 5.44. The van der Waals surface area contributed by atoms with Gasteiger partial charge in [-0.2, -0.15) is 0 Å². The molecular weight excluding hydrogens is 412 g/mol. The van der Waals surface area contributed by atoms with Gasteiger partial charge in [0.2, 0.25) is 0 Å². The van der Waals surface area contributed by atoms with Crippen LogP contribution in [0, 0.1) is 4.51 Å². The Balaban J connectivity index is 2.01. The maximum atomic E-state index is 5.73. The van der Waals surface area contributed by atoms with Crippen LogP contribution in [0.2, 0.25) is 0 Å². The summed E-state index contributed by atoms with van der Waals surface area (Å²) in [5.74, 6) is 0. The molecule has 2 nitrogen and oxygen atoms in total. The fourth-order valence-corrected chi connectivity index (χ4v) is 5.96. The fraction of sp³-hybridized carbons (Fsp3) is 0.167. The van der Waals surface area contributed by atoms with Gasteiger partial charge in [-0.15, -0.1) is 11.3 Å². The number of aromatic nitrogens is 2. The highest BCUT2D eigenvalue weighted by molar-refractivity contribution is 8.02. The average molecular weight is 435 g/mol. The second-order valence-corrected chi connectivity index (χ2v) is 10.3. The van der Waals surface area contributed by atoms with Gasteiger partial charge in [0.15, 0.2) is 0 Å². The Morgan fingerprint density at radius 1 is 1.17 bits per heavy atom. The highest BCUT2D eigenvalue weighted by Crippen LogP contribution is 2.41. The van der Waals surface area contributed by atoms with Gasteiger partial charge < -0.3 is 4.98 Å². The van der Waals surface area contributed by atoms with Crippen LogP contribution in [0.3, 0.4) is 0 Å². The molecule has 1 N–H and O–H groups in total. The molecule has 0 saturated carbocycles. The zero-order chi connectivity index (χ0) is 20.8. The Morgan fingerprint density at radius 3 is 2.66 bits per heavy atom. The summed E-state index contributed by atoms with van der Waals surface area (Å²) >= 11 is 9.12. The van der Waals surface area contributed by atoms with E-state index in [9.17, 15) is 0 Å². The SMILES string of the molecule is C=CSc1ccc(-c2nc[nH]c3c2sc2ccc(C=C)c(=S)c23)cc1C(C)(C)C. The lowest BCUT2D eigenvalue weighted by molar-refractivity contribution is 0.578. The van der Waals surface area contributed by atoms with E-state index in [1.165, 1.54) is 10.5 Å². The number of nitrogens with one attached hydrogen (secondary N) is 1. The number of hydrogen-bond acceptors (Lipinski definition) is 4. The van der Waals surface area contributed by atoms with E-state index in [0.29, 0.717) is 0 Å². The summed E-state index contributed by atoms with van der Waals surface area (Å²) in [6, 6.07) is 10.8. The summed E-state index contributed by atoms with van der Waals surface area (Å²) in [4.78, 5) is 9.28. The Kier molecular flexibility index (Phi) is 5.23. The van der Waals surface area contributed by atoms with Gasteiger partial charge in [0.05, 0.1) is 26.7 Å². The smallest absolute Gasteiger partial charge is 0.0931 e. The van der Waals surface area contributed by atoms with Crippen LogP contribution in [0.15, 0.2) is 60.1 Å². The minimum atomic E-state index is 0.0220. The molecule has 0 amide bonds. The predicted octanol–water partition coefficient (Wildman–Crippen LogP) is 8.35. The summed E-state index contributed by atoms with van der Waals surface area (Å²) in [7, 11) is 0. The minimum Gasteiger partial charge on any atom is -0.345 e. The second kappa shape index (κ2) is 7.56. The Bertz CT molecular complexity index is 1320. The van der Waals surface area contributed by atoms with E-state index < -0.39 is 0 Å². The van der Waals surface area contributed by atoms with Gasteiger partial charge in [0, 0.05) is 20.5 Å². The van der Waals surface area contributed by atoms with E-state index in [1.807, 2.05) is 17.6 Å². The van der Waals surface area contributed by atoms with Crippen molar-refractivity contribution >= 4 is 61.7 Å². The molecule has 4 aromatic rings. The molecular formula is C24H22N2S3. The first kappa shape index (κ1) is 20.1. The monoisotopic (exact) mass is 434 g/mol. The van der Waals surface area contributed by atoms with E-state index in [-0.39, 0.29) is 5.41 Å². The van der Waals surface area contributed by atoms with Crippen LogP contribution >= 0.6 is 35.3 Å². The number of H-pyrrole nitrogens is 1. The van der Waals surface area contributed by atoms with Gasteiger partial charge in [0.25, 0.3) is 0 Å². The van der Waals surface area contributed by atoms with E-state index in [4.69, 9.17) is 17.2 Å². The third kappa shape index (κ3) is 3.48. The summed E-state index contributed by atoms with van der Waals surface area (Å²) in [5, 5.41) is 2.96. The lowest BCUT2D eigenvalue weighted by atomic mass is 9.85. The predicted molar refractivity (Wildman–Crippen MR) is 133 cm³/mol. The molecule has 0 atom stereocenters. The van der Waals surface area contributed by atoms with Crippen LogP contribution in [0.5, 0.6) is 0 Å². The first-order valence-corrected chi connectivity index (χ1v) is 11.4. The number of thioether (sulfide) groups is 1. The highest BCUT2D eigenvalue weighted by atomic mass is 32.2. The molecule has 2 aromatic heterocycles. The van der Waals surface area contributed by atoms with Crippen LogP contribution < -0.4 is 0 Å². The van der Waals surface area contributed by atoms with Gasteiger partial charge in [0.1, 0.15) is 0 Å². The van der Waals surface area contributed by atoms with Crippen molar-refractivity contribution in [2.45, 2.75) is 31.1 Å². The average Bonchev–Trinajstić information content (AvgIpc) is 3.07. The van der Waals surface area contributed by atoms with E-state index in [0.717, 1.165) is 41.6 Å². The molecule has 0 aliphatic carbocycles. The van der Waals surface area contributed by atoms with Crippen molar-refractivity contribution in [1.82, 2.24) is 9.97 Å². The third-order valence-electron chi connectivity index (χ3n) is 4.95. The van der Waals surface area contributed by atoms with Crippen molar-refractivity contribution in [2.24, 2.45) is 0 Å². The maximum absolute atomic E-state index is 5.73. The quantitative estimate of drug-likeness (QED) is 0.258. The number of thiophene rings is 1. The molecule has 0 fully saturated rings. The lowest BCUT2D eigenvalue weighted by Gasteiger charge is -2.23. The number of nitrogens with zero attached hydrogens (tertiary/aromatic N) is 1. The van der Waals surface area contributed by atoms with Crippen LogP contribution in [-0.4, -0.2) is 9.97 Å². The summed E-state index contributed by atoms with van der Waals surface area (Å²) in [6.45, 7) is 14.5. The zero-order valence-corrected chi connectivity index (χ0v) is 19.2. The van der Waals surface area contributed by atoms with Crippen molar-refractivity contribution in [1.29, 1.82) is 0 Å². The minimum absolute atomic E-state index is 0.0220. The number of aromatic amines is 1. The molecule has 5 heteroatoms. The summed E-state index contributed by atoms with van der Waals surface area (Å²) < 4.78 is 3.13. The fourth-order valence-electron chi connectivity index (χ4n) is 3.52. The molecule has 0 radical (unpaired) electrons. The molecule has 2 aromatic carbocycles. The van der Waals surface area contributed by atoms with Crippen molar-refractivity contribution in [2.75, 3.05) is 0 Å². The number of rotatable bonds is 4. The van der Waals surface area contributed by atoms with E-state index in [2.05, 4.69) is 63.2 Å². The normalized spacial score (nSPS) is 11.8. The largest absolute Gasteiger partial charge is 0.345 e. The second-order valence-electron chi connectivity index (χ2n) is 7.86. The van der Waals surface area contributed by atoms with Crippen LogP contribution in [0.4, 0.5) is 0 Å². The Morgan fingerprint density at radius 2 is 1.97 bits per heavy atom. The molecule has 2 heterocycles. The maximum Gasteiger partial charge on any atom is 0.0931 e. The topological polar surface area (TPSA) is 28.7 Å². The molecule has 146 valence electrons. The van der Waals surface area contributed by atoms with E-state index in [1.54, 1.807) is 29.4 Å². The zero-order valence-electron chi connectivity index (χ0n) is 16.7. The van der Waals surface area contributed by atoms with Crippen LogP contribution in [0.1, 0.15) is 31.9 Å². The van der Waals surface area contributed by atoms with Gasteiger partial charge in [-0.05, 0) is 40.1 Å². The highest BCUT2D eigenvalue weighted by Gasteiger charge is 2.20. The van der Waals surface area contributed by atoms with Gasteiger partial charge in [-0.3, -0.25) is 0 Å². The summed E-state index contributed by atoms with van der Waals surface area (Å²) in [6.07, 6.45) is 3.58. The molecule has 0 aliphatic rings. The first-order chi connectivity index (χ1) is 13.8. The molecule has 0 saturated heterocycles. The number of benzene rings is 2. The van der Waals surface area contributed by atoms with Crippen LogP contribution in [-0.2, 0) is 5.41 Å². The van der Waals surface area contributed by atoms with Crippen LogP contribution in [0.25, 0.3) is 37.6 Å². The van der Waals surface area contributed by atoms with Crippen molar-refractivity contribution in [3.05, 3.63) is 70.9 Å². The molecule has 29 heavy (non-hydrogen) atoms. The Hall–Kier alpha value is -2.21. The third-order valence-corrected chi connectivity index (χ3v) is 7.33. The standard InChI is InChI=1S/C24H22N2S3/c1-6-14-8-11-18-19(22(14)27)21-23(29-18)20(25-13-26-21)15-9-10-17(28-7-2)16(12-15)24(3,4)5/h6-13H,1-2H2,3-5H3,(H,25,26). The lowest BCUT2D eigenvalue weighted by Crippen LogP contribution is -2.12. The van der Waals surface area contributed by atoms with Crippen molar-refractivity contribution < 1.29 is 0 Å². The molecule has 0 unspecified atom stereocenters. The van der Waals surface area contributed by atoms with Gasteiger partial charge in [-0.1, -0.05) is 76.1 Å². The molecule has 0 aliphatic heterocycles. The molecule has 0 spiro atoms. The molecule has 4 rings (SSSR count). The van der Waals surface area contributed by atoms with E-state index >= 15 is 0 Å². The van der Waals surface area contributed by atoms with Crippen molar-refractivity contribution in [3.8, 4) is 11.3 Å². The molecule has 0 bridgehead atoms.